The van der Waals surface area contributed by atoms with Crippen LogP contribution in [0, 0.1) is 0 Å². The average Bonchev–Trinajstić information content (AvgIpc) is 2.56. The highest BCUT2D eigenvalue weighted by atomic mass is 32.2. The van der Waals surface area contributed by atoms with Crippen LogP contribution in [0.15, 0.2) is 52.3 Å². The minimum Gasteiger partial charge on any atom is -0.478 e. The van der Waals surface area contributed by atoms with Gasteiger partial charge >= 0.3 is 11.9 Å². The highest BCUT2D eigenvalue weighted by Gasteiger charge is 2.14. The molecule has 0 aliphatic carbocycles. The maximum atomic E-state index is 12.2. The highest BCUT2D eigenvalue weighted by Crippen LogP contribution is 2.32. The summed E-state index contributed by atoms with van der Waals surface area (Å²) in [5, 5.41) is 8.93. The van der Waals surface area contributed by atoms with Gasteiger partial charge in [0, 0.05) is 9.79 Å². The summed E-state index contributed by atoms with van der Waals surface area (Å²) in [5.41, 5.74) is 1.85. The van der Waals surface area contributed by atoms with Crippen LogP contribution in [0.2, 0.25) is 0 Å². The van der Waals surface area contributed by atoms with E-state index in [9.17, 15) is 9.59 Å². The third-order valence-electron chi connectivity index (χ3n) is 3.28. The van der Waals surface area contributed by atoms with Crippen molar-refractivity contribution >= 4 is 23.7 Å². The molecule has 0 aliphatic heterocycles. The molecule has 0 spiro atoms. The van der Waals surface area contributed by atoms with Crippen LogP contribution >= 0.6 is 11.8 Å². The van der Waals surface area contributed by atoms with Crippen molar-refractivity contribution in [2.24, 2.45) is 0 Å². The number of carboxylic acids is 1. The topological polar surface area (TPSA) is 63.6 Å². The Morgan fingerprint density at radius 1 is 1.09 bits per heavy atom. The zero-order chi connectivity index (χ0) is 16.8. The third-order valence-corrected chi connectivity index (χ3v) is 4.36. The summed E-state index contributed by atoms with van der Waals surface area (Å²) in [6.07, 6.45) is 0.838. The van der Waals surface area contributed by atoms with E-state index in [1.807, 2.05) is 25.1 Å². The van der Waals surface area contributed by atoms with Gasteiger partial charge in [0.05, 0.1) is 17.7 Å². The minimum atomic E-state index is -0.957. The van der Waals surface area contributed by atoms with E-state index < -0.39 is 5.97 Å². The summed E-state index contributed by atoms with van der Waals surface area (Å²) < 4.78 is 5.13. The summed E-state index contributed by atoms with van der Waals surface area (Å²) in [5.74, 6) is -1.30. The molecular formula is C18H18O4S. The molecule has 0 unspecified atom stereocenters. The van der Waals surface area contributed by atoms with Crippen molar-refractivity contribution in [2.45, 2.75) is 30.1 Å². The number of hydrogen-bond donors (Lipinski definition) is 1. The van der Waals surface area contributed by atoms with Crippen molar-refractivity contribution in [2.75, 3.05) is 6.61 Å². The molecule has 0 saturated heterocycles. The van der Waals surface area contributed by atoms with Crippen LogP contribution in [-0.4, -0.2) is 23.7 Å². The SMILES string of the molecule is CCOC(=O)c1cc(CC)ccc1Sc1ccc(C(=O)O)cc1. The molecule has 0 aromatic heterocycles. The Morgan fingerprint density at radius 2 is 1.78 bits per heavy atom. The maximum absolute atomic E-state index is 12.2. The van der Waals surface area contributed by atoms with Crippen LogP contribution in [-0.2, 0) is 11.2 Å². The minimum absolute atomic E-state index is 0.237. The van der Waals surface area contributed by atoms with Gasteiger partial charge in [-0.15, -0.1) is 0 Å². The van der Waals surface area contributed by atoms with Gasteiger partial charge < -0.3 is 9.84 Å². The number of aromatic carboxylic acids is 1. The van der Waals surface area contributed by atoms with Gasteiger partial charge in [0.15, 0.2) is 0 Å². The van der Waals surface area contributed by atoms with E-state index in [1.54, 1.807) is 31.2 Å². The molecule has 2 rings (SSSR count). The molecular weight excluding hydrogens is 312 g/mol. The molecule has 4 nitrogen and oxygen atoms in total. The average molecular weight is 330 g/mol. The second-order valence-corrected chi connectivity index (χ2v) is 5.95. The van der Waals surface area contributed by atoms with Gasteiger partial charge in [0.25, 0.3) is 0 Å². The fourth-order valence-electron chi connectivity index (χ4n) is 2.05. The van der Waals surface area contributed by atoms with Crippen molar-refractivity contribution < 1.29 is 19.4 Å². The molecule has 2 aromatic rings. The molecule has 0 heterocycles. The van der Waals surface area contributed by atoms with Gasteiger partial charge in [-0.3, -0.25) is 0 Å². The summed E-state index contributed by atoms with van der Waals surface area (Å²) in [7, 11) is 0. The largest absolute Gasteiger partial charge is 0.478 e. The zero-order valence-corrected chi connectivity index (χ0v) is 13.9. The van der Waals surface area contributed by atoms with E-state index in [0.29, 0.717) is 12.2 Å². The van der Waals surface area contributed by atoms with Gasteiger partial charge in [-0.1, -0.05) is 24.8 Å². The molecule has 0 amide bonds. The van der Waals surface area contributed by atoms with E-state index in [4.69, 9.17) is 9.84 Å². The Hall–Kier alpha value is -2.27. The number of benzene rings is 2. The lowest BCUT2D eigenvalue weighted by Gasteiger charge is -2.10. The van der Waals surface area contributed by atoms with Gasteiger partial charge in [-0.2, -0.15) is 0 Å². The zero-order valence-electron chi connectivity index (χ0n) is 13.0. The van der Waals surface area contributed by atoms with Gasteiger partial charge in [0.1, 0.15) is 0 Å². The van der Waals surface area contributed by atoms with Crippen LogP contribution in [0.1, 0.15) is 40.1 Å². The lowest BCUT2D eigenvalue weighted by molar-refractivity contribution is 0.0521. The second-order valence-electron chi connectivity index (χ2n) is 4.84. The van der Waals surface area contributed by atoms with Gasteiger partial charge in [0.2, 0.25) is 0 Å². The number of ether oxygens (including phenoxy) is 1. The lowest BCUT2D eigenvalue weighted by atomic mass is 10.1. The Kier molecular flexibility index (Phi) is 5.82. The first-order chi connectivity index (χ1) is 11.0. The van der Waals surface area contributed by atoms with Crippen molar-refractivity contribution in [3.8, 4) is 0 Å². The standard InChI is InChI=1S/C18H18O4S/c1-3-12-5-10-16(15(11-12)18(21)22-4-2)23-14-8-6-13(7-9-14)17(19)20/h5-11H,3-4H2,1-2H3,(H,19,20). The number of carboxylic acid groups (broad SMARTS) is 1. The molecule has 120 valence electrons. The summed E-state index contributed by atoms with van der Waals surface area (Å²) in [6, 6.07) is 12.3. The van der Waals surface area contributed by atoms with E-state index in [2.05, 4.69) is 0 Å². The Bertz CT molecular complexity index is 707. The summed E-state index contributed by atoms with van der Waals surface area (Å²) in [4.78, 5) is 24.7. The molecule has 2 aromatic carbocycles. The molecule has 0 atom stereocenters. The van der Waals surface area contributed by atoms with E-state index >= 15 is 0 Å². The number of esters is 1. The van der Waals surface area contributed by atoms with Crippen molar-refractivity contribution in [3.63, 3.8) is 0 Å². The number of rotatable bonds is 6. The van der Waals surface area contributed by atoms with Gasteiger partial charge in [-0.05, 0) is 55.3 Å². The molecule has 0 bridgehead atoms. The predicted molar refractivity (Wildman–Crippen MR) is 89.3 cm³/mol. The van der Waals surface area contributed by atoms with Gasteiger partial charge in [-0.25, -0.2) is 9.59 Å². The molecule has 0 radical (unpaired) electrons. The number of carbonyl (C=O) groups is 2. The van der Waals surface area contributed by atoms with E-state index in [-0.39, 0.29) is 11.5 Å². The monoisotopic (exact) mass is 330 g/mol. The number of aryl methyl sites for hydroxylation is 1. The smallest absolute Gasteiger partial charge is 0.339 e. The second kappa shape index (κ2) is 7.83. The first kappa shape index (κ1) is 17.1. The molecule has 5 heteroatoms. The third kappa shape index (κ3) is 4.36. The predicted octanol–water partition coefficient (Wildman–Crippen LogP) is 4.28. The molecule has 0 fully saturated rings. The summed E-state index contributed by atoms with van der Waals surface area (Å²) in [6.45, 7) is 4.13. The van der Waals surface area contributed by atoms with Crippen molar-refractivity contribution in [1.82, 2.24) is 0 Å². The Balaban J connectivity index is 2.30. The number of hydrogen-bond acceptors (Lipinski definition) is 4. The van der Waals surface area contributed by atoms with Crippen LogP contribution in [0.25, 0.3) is 0 Å². The van der Waals surface area contributed by atoms with E-state index in [0.717, 1.165) is 21.8 Å². The van der Waals surface area contributed by atoms with Crippen LogP contribution in [0.5, 0.6) is 0 Å². The van der Waals surface area contributed by atoms with E-state index in [1.165, 1.54) is 11.8 Å². The first-order valence-corrected chi connectivity index (χ1v) is 8.18. The maximum Gasteiger partial charge on any atom is 0.339 e. The lowest BCUT2D eigenvalue weighted by Crippen LogP contribution is -2.07. The van der Waals surface area contributed by atoms with Crippen LogP contribution in [0.4, 0.5) is 0 Å². The normalized spacial score (nSPS) is 10.3. The quantitative estimate of drug-likeness (QED) is 0.801. The van der Waals surface area contributed by atoms with Crippen molar-refractivity contribution in [3.05, 3.63) is 59.2 Å². The molecule has 0 saturated carbocycles. The van der Waals surface area contributed by atoms with Crippen molar-refractivity contribution in [1.29, 1.82) is 0 Å². The Labute approximate surface area is 139 Å². The fraction of sp³-hybridized carbons (Fsp3) is 0.222. The molecule has 23 heavy (non-hydrogen) atoms. The highest BCUT2D eigenvalue weighted by molar-refractivity contribution is 7.99. The van der Waals surface area contributed by atoms with Crippen LogP contribution < -0.4 is 0 Å². The molecule has 1 N–H and O–H groups in total. The number of carbonyl (C=O) groups excluding carboxylic acids is 1. The first-order valence-electron chi connectivity index (χ1n) is 7.36. The molecule has 0 aliphatic rings. The summed E-state index contributed by atoms with van der Waals surface area (Å²) >= 11 is 1.41. The Morgan fingerprint density at radius 3 is 2.35 bits per heavy atom. The fourth-order valence-corrected chi connectivity index (χ4v) is 2.96. The van der Waals surface area contributed by atoms with Crippen LogP contribution in [0.3, 0.4) is 0 Å².